The fraction of sp³-hybridized carbons (Fsp3) is 0.222. The highest BCUT2D eigenvalue weighted by Gasteiger charge is 2.41. The van der Waals surface area contributed by atoms with Crippen LogP contribution in [0.4, 0.5) is 13.2 Å². The summed E-state index contributed by atoms with van der Waals surface area (Å²) < 4.78 is 43.0. The van der Waals surface area contributed by atoms with E-state index in [1.54, 1.807) is 0 Å². The van der Waals surface area contributed by atoms with Crippen LogP contribution in [0.15, 0.2) is 43.4 Å². The predicted octanol–water partition coefficient (Wildman–Crippen LogP) is 2.43. The summed E-state index contributed by atoms with van der Waals surface area (Å²) in [6, 6.07) is 2.80. The van der Waals surface area contributed by atoms with Crippen molar-refractivity contribution >= 4 is 0 Å². The molecule has 27 heavy (non-hydrogen) atoms. The van der Waals surface area contributed by atoms with Crippen molar-refractivity contribution in [3.63, 3.8) is 0 Å². The van der Waals surface area contributed by atoms with Gasteiger partial charge in [0.25, 0.3) is 0 Å². The van der Waals surface area contributed by atoms with Gasteiger partial charge in [-0.05, 0) is 6.07 Å². The van der Waals surface area contributed by atoms with Crippen LogP contribution in [-0.2, 0) is 12.1 Å². The van der Waals surface area contributed by atoms with E-state index in [0.717, 1.165) is 24.7 Å². The van der Waals surface area contributed by atoms with Gasteiger partial charge < -0.3 is 5.11 Å². The summed E-state index contributed by atoms with van der Waals surface area (Å²) in [7, 11) is 0. The molecule has 2 atom stereocenters. The first kappa shape index (κ1) is 20.1. The summed E-state index contributed by atoms with van der Waals surface area (Å²) in [6.07, 6.45) is 12.7. The smallest absolute Gasteiger partial charge is 0.163 e. The number of halogens is 3. The van der Waals surface area contributed by atoms with Gasteiger partial charge in [0.1, 0.15) is 36.2 Å². The van der Waals surface area contributed by atoms with Crippen LogP contribution in [0.1, 0.15) is 24.1 Å². The second kappa shape index (κ2) is 8.42. The van der Waals surface area contributed by atoms with Crippen molar-refractivity contribution in [1.29, 1.82) is 0 Å². The zero-order valence-electron chi connectivity index (χ0n) is 14.3. The second-order valence-corrected chi connectivity index (χ2v) is 5.62. The Morgan fingerprint density at radius 3 is 2.48 bits per heavy atom. The van der Waals surface area contributed by atoms with Gasteiger partial charge >= 0.3 is 0 Å². The predicted molar refractivity (Wildman–Crippen MR) is 90.6 cm³/mol. The van der Waals surface area contributed by atoms with Crippen LogP contribution < -0.4 is 0 Å². The largest absolute Gasteiger partial charge is 0.382 e. The third-order valence-electron chi connectivity index (χ3n) is 4.09. The number of aromatic nitrogens is 5. The number of benzene rings is 1. The highest BCUT2D eigenvalue weighted by molar-refractivity contribution is 5.30. The Kier molecular flexibility index (Phi) is 6.26. The Morgan fingerprint density at radius 2 is 1.89 bits per heavy atom. The molecule has 0 radical (unpaired) electrons. The number of rotatable bonds is 5. The van der Waals surface area contributed by atoms with Crippen molar-refractivity contribution in [2.24, 2.45) is 0 Å². The van der Waals surface area contributed by atoms with E-state index in [0.29, 0.717) is 6.07 Å². The molecule has 0 saturated carbocycles. The molecule has 0 spiro atoms. The standard InChI is InChI=1S/C16H14F3N5O.C2H2/c1-10(15-14(19)5-20-7-22-15)16(25,6-24-9-21-8-23-24)12-3-2-11(17)4-13(12)18;1-2/h2-5,7-10,25H,6H2,1H3;1-2H. The molecule has 1 aromatic carbocycles. The molecule has 0 saturated heterocycles. The van der Waals surface area contributed by atoms with Crippen LogP contribution >= 0.6 is 0 Å². The van der Waals surface area contributed by atoms with Crippen LogP contribution in [-0.4, -0.2) is 29.8 Å². The normalized spacial score (nSPS) is 13.9. The molecule has 140 valence electrons. The first-order valence-corrected chi connectivity index (χ1v) is 7.71. The zero-order chi connectivity index (χ0) is 20.0. The van der Waals surface area contributed by atoms with Crippen molar-refractivity contribution in [2.75, 3.05) is 0 Å². The first-order valence-electron chi connectivity index (χ1n) is 7.71. The maximum Gasteiger partial charge on any atom is 0.163 e. The molecule has 0 fully saturated rings. The van der Waals surface area contributed by atoms with Gasteiger partial charge in [0.2, 0.25) is 0 Å². The van der Waals surface area contributed by atoms with E-state index in [4.69, 9.17) is 0 Å². The maximum absolute atomic E-state index is 14.4. The monoisotopic (exact) mass is 375 g/mol. The van der Waals surface area contributed by atoms with Gasteiger partial charge in [0.05, 0.1) is 18.4 Å². The van der Waals surface area contributed by atoms with Gasteiger partial charge in [-0.25, -0.2) is 32.8 Å². The quantitative estimate of drug-likeness (QED) is 0.693. The fourth-order valence-corrected chi connectivity index (χ4v) is 2.72. The van der Waals surface area contributed by atoms with E-state index in [-0.39, 0.29) is 17.8 Å². The van der Waals surface area contributed by atoms with Crippen LogP contribution in [0.25, 0.3) is 0 Å². The van der Waals surface area contributed by atoms with Crippen molar-refractivity contribution in [3.8, 4) is 12.8 Å². The van der Waals surface area contributed by atoms with Crippen LogP contribution in [0, 0.1) is 30.3 Å². The Morgan fingerprint density at radius 1 is 1.15 bits per heavy atom. The molecule has 9 heteroatoms. The number of terminal acetylenes is 1. The Hall–Kier alpha value is -3.25. The maximum atomic E-state index is 14.4. The fourth-order valence-electron chi connectivity index (χ4n) is 2.72. The Bertz CT molecular complexity index is 916. The average Bonchev–Trinajstić information content (AvgIpc) is 3.16. The number of nitrogens with zero attached hydrogens (tertiary/aromatic N) is 5. The lowest BCUT2D eigenvalue weighted by Gasteiger charge is -2.34. The van der Waals surface area contributed by atoms with Gasteiger partial charge in [-0.3, -0.25) is 0 Å². The van der Waals surface area contributed by atoms with Gasteiger partial charge in [0.15, 0.2) is 5.82 Å². The average molecular weight is 375 g/mol. The lowest BCUT2D eigenvalue weighted by molar-refractivity contribution is -0.0133. The highest BCUT2D eigenvalue weighted by Crippen LogP contribution is 2.39. The third kappa shape index (κ3) is 4.12. The minimum absolute atomic E-state index is 0.0960. The van der Waals surface area contributed by atoms with Crippen molar-refractivity contribution in [2.45, 2.75) is 25.0 Å². The molecule has 0 amide bonds. The lowest BCUT2D eigenvalue weighted by Crippen LogP contribution is -2.39. The summed E-state index contributed by atoms with van der Waals surface area (Å²) in [4.78, 5) is 11.2. The zero-order valence-corrected chi connectivity index (χ0v) is 14.3. The third-order valence-corrected chi connectivity index (χ3v) is 4.09. The summed E-state index contributed by atoms with van der Waals surface area (Å²) in [5.74, 6) is -3.47. The van der Waals surface area contributed by atoms with Crippen LogP contribution in [0.5, 0.6) is 0 Å². The number of aliphatic hydroxyl groups is 1. The summed E-state index contributed by atoms with van der Waals surface area (Å²) in [5.41, 5.74) is -2.25. The number of hydrogen-bond donors (Lipinski definition) is 1. The molecular formula is C18H16F3N5O. The van der Waals surface area contributed by atoms with E-state index >= 15 is 0 Å². The number of hydrogen-bond acceptors (Lipinski definition) is 5. The van der Waals surface area contributed by atoms with Crippen molar-refractivity contribution in [1.82, 2.24) is 24.7 Å². The topological polar surface area (TPSA) is 76.7 Å². The van der Waals surface area contributed by atoms with Gasteiger partial charge in [0, 0.05) is 17.5 Å². The van der Waals surface area contributed by atoms with Crippen LogP contribution in [0.3, 0.4) is 0 Å². The minimum Gasteiger partial charge on any atom is -0.382 e. The Labute approximate surface area is 153 Å². The molecule has 6 nitrogen and oxygen atoms in total. The summed E-state index contributed by atoms with van der Waals surface area (Å²) in [5, 5.41) is 15.2. The molecule has 3 rings (SSSR count). The summed E-state index contributed by atoms with van der Waals surface area (Å²) >= 11 is 0. The van der Waals surface area contributed by atoms with E-state index in [1.165, 1.54) is 24.3 Å². The minimum atomic E-state index is -1.96. The molecule has 2 aromatic heterocycles. The van der Waals surface area contributed by atoms with Gasteiger partial charge in [-0.1, -0.05) is 13.0 Å². The Balaban J connectivity index is 0.00000126. The van der Waals surface area contributed by atoms with E-state index in [2.05, 4.69) is 32.9 Å². The molecular weight excluding hydrogens is 359 g/mol. The molecule has 0 aliphatic heterocycles. The summed E-state index contributed by atoms with van der Waals surface area (Å²) in [6.45, 7) is 1.26. The van der Waals surface area contributed by atoms with Gasteiger partial charge in [-0.2, -0.15) is 5.10 Å². The highest BCUT2D eigenvalue weighted by atomic mass is 19.1. The van der Waals surface area contributed by atoms with Crippen molar-refractivity contribution in [3.05, 3.63) is 72.1 Å². The molecule has 2 heterocycles. The molecule has 3 aromatic rings. The molecule has 1 N–H and O–H groups in total. The molecule has 0 bridgehead atoms. The van der Waals surface area contributed by atoms with E-state index in [9.17, 15) is 18.3 Å². The van der Waals surface area contributed by atoms with E-state index < -0.39 is 29.0 Å². The lowest BCUT2D eigenvalue weighted by atomic mass is 9.79. The SMILES string of the molecule is C#C.CC(c1ncncc1F)C(O)(Cn1cncn1)c1ccc(F)cc1F. The van der Waals surface area contributed by atoms with Crippen LogP contribution in [0.2, 0.25) is 0 Å². The molecule has 0 aliphatic carbocycles. The van der Waals surface area contributed by atoms with E-state index in [1.807, 2.05) is 0 Å². The first-order chi connectivity index (χ1) is 12.9. The molecule has 2 unspecified atom stereocenters. The molecule has 0 aliphatic rings. The van der Waals surface area contributed by atoms with Crippen molar-refractivity contribution < 1.29 is 18.3 Å². The second-order valence-electron chi connectivity index (χ2n) is 5.62. The van der Waals surface area contributed by atoms with Gasteiger partial charge in [-0.15, -0.1) is 12.8 Å².